The second kappa shape index (κ2) is 8.65. The lowest BCUT2D eigenvalue weighted by Gasteiger charge is -2.14. The molecule has 3 aromatic heterocycles. The van der Waals surface area contributed by atoms with Gasteiger partial charge in [0.05, 0.1) is 18.8 Å². The molecule has 4 aromatic rings. The van der Waals surface area contributed by atoms with Crippen molar-refractivity contribution in [1.29, 1.82) is 0 Å². The lowest BCUT2D eigenvalue weighted by Crippen LogP contribution is -2.09. The molecule has 3 heterocycles. The third-order valence-corrected chi connectivity index (χ3v) is 4.74. The molecule has 0 aliphatic heterocycles. The highest BCUT2D eigenvalue weighted by atomic mass is 15.3. The predicted molar refractivity (Wildman–Crippen MR) is 114 cm³/mol. The van der Waals surface area contributed by atoms with Crippen molar-refractivity contribution >= 4 is 5.82 Å². The summed E-state index contributed by atoms with van der Waals surface area (Å²) in [5, 5.41) is 7.99. The molecule has 0 aliphatic rings. The summed E-state index contributed by atoms with van der Waals surface area (Å²) in [4.78, 5) is 13.7. The van der Waals surface area contributed by atoms with Crippen molar-refractivity contribution in [1.82, 2.24) is 24.7 Å². The van der Waals surface area contributed by atoms with E-state index in [1.807, 2.05) is 53.3 Å². The Kier molecular flexibility index (Phi) is 5.61. The third-order valence-electron chi connectivity index (χ3n) is 4.74. The van der Waals surface area contributed by atoms with Crippen LogP contribution in [0.25, 0.3) is 11.5 Å². The van der Waals surface area contributed by atoms with Gasteiger partial charge in [-0.15, -0.1) is 0 Å². The van der Waals surface area contributed by atoms with Gasteiger partial charge in [0.15, 0.2) is 5.82 Å². The Morgan fingerprint density at radius 2 is 1.86 bits per heavy atom. The van der Waals surface area contributed by atoms with E-state index in [1.54, 1.807) is 6.20 Å². The molecular weight excluding hydrogens is 360 g/mol. The maximum absolute atomic E-state index is 4.68. The average molecular weight is 384 g/mol. The van der Waals surface area contributed by atoms with Gasteiger partial charge in [-0.2, -0.15) is 5.10 Å². The zero-order chi connectivity index (χ0) is 20.1. The van der Waals surface area contributed by atoms with Gasteiger partial charge in [0.25, 0.3) is 0 Å². The van der Waals surface area contributed by atoms with E-state index in [0.29, 0.717) is 5.82 Å². The molecule has 0 radical (unpaired) electrons. The summed E-state index contributed by atoms with van der Waals surface area (Å²) in [7, 11) is 0. The van der Waals surface area contributed by atoms with Crippen molar-refractivity contribution in [3.05, 3.63) is 90.0 Å². The first-order valence-corrected chi connectivity index (χ1v) is 9.83. The first-order chi connectivity index (χ1) is 14.2. The quantitative estimate of drug-likeness (QED) is 0.507. The molecule has 0 amide bonds. The SMILES string of the molecule is CCc1cc(NC(C)c2cnn(Cc3ccccc3)c2)nc(-c2ccccn2)n1. The highest BCUT2D eigenvalue weighted by Crippen LogP contribution is 2.21. The maximum atomic E-state index is 4.68. The van der Waals surface area contributed by atoms with Gasteiger partial charge < -0.3 is 5.32 Å². The Balaban J connectivity index is 1.52. The highest BCUT2D eigenvalue weighted by molar-refractivity contribution is 5.53. The molecule has 6 nitrogen and oxygen atoms in total. The topological polar surface area (TPSA) is 68.5 Å². The average Bonchev–Trinajstić information content (AvgIpc) is 3.23. The number of aromatic nitrogens is 5. The maximum Gasteiger partial charge on any atom is 0.180 e. The lowest BCUT2D eigenvalue weighted by molar-refractivity contribution is 0.685. The molecule has 1 atom stereocenters. The van der Waals surface area contributed by atoms with Gasteiger partial charge in [0.2, 0.25) is 0 Å². The van der Waals surface area contributed by atoms with Crippen molar-refractivity contribution in [2.24, 2.45) is 0 Å². The Morgan fingerprint density at radius 3 is 2.62 bits per heavy atom. The molecule has 0 saturated carbocycles. The number of anilines is 1. The van der Waals surface area contributed by atoms with Gasteiger partial charge in [0, 0.05) is 29.7 Å². The van der Waals surface area contributed by atoms with Gasteiger partial charge in [-0.25, -0.2) is 9.97 Å². The summed E-state index contributed by atoms with van der Waals surface area (Å²) in [6, 6.07) is 18.2. The summed E-state index contributed by atoms with van der Waals surface area (Å²) in [5.41, 5.74) is 4.09. The monoisotopic (exact) mass is 384 g/mol. The number of aryl methyl sites for hydroxylation is 1. The van der Waals surface area contributed by atoms with E-state index < -0.39 is 0 Å². The summed E-state index contributed by atoms with van der Waals surface area (Å²) in [5.74, 6) is 1.43. The van der Waals surface area contributed by atoms with Crippen LogP contribution in [0.1, 0.15) is 36.7 Å². The van der Waals surface area contributed by atoms with Crippen LogP contribution in [-0.4, -0.2) is 24.7 Å². The number of pyridine rings is 1. The fourth-order valence-electron chi connectivity index (χ4n) is 3.13. The van der Waals surface area contributed by atoms with Crippen molar-refractivity contribution in [3.63, 3.8) is 0 Å². The van der Waals surface area contributed by atoms with Crippen LogP contribution in [0.3, 0.4) is 0 Å². The van der Waals surface area contributed by atoms with E-state index in [4.69, 9.17) is 0 Å². The number of hydrogen-bond donors (Lipinski definition) is 1. The molecule has 0 aliphatic carbocycles. The Labute approximate surface area is 170 Å². The minimum Gasteiger partial charge on any atom is -0.363 e. The molecule has 6 heteroatoms. The van der Waals surface area contributed by atoms with E-state index >= 15 is 0 Å². The highest BCUT2D eigenvalue weighted by Gasteiger charge is 2.12. The molecular formula is C23H24N6. The number of nitrogens with zero attached hydrogens (tertiary/aromatic N) is 5. The molecule has 0 fully saturated rings. The zero-order valence-electron chi connectivity index (χ0n) is 16.7. The number of hydrogen-bond acceptors (Lipinski definition) is 5. The number of rotatable bonds is 7. The molecule has 0 spiro atoms. The normalized spacial score (nSPS) is 11.9. The van der Waals surface area contributed by atoms with Gasteiger partial charge in [-0.1, -0.05) is 43.3 Å². The lowest BCUT2D eigenvalue weighted by atomic mass is 10.2. The second-order valence-electron chi connectivity index (χ2n) is 6.96. The van der Waals surface area contributed by atoms with Crippen LogP contribution in [0.5, 0.6) is 0 Å². The van der Waals surface area contributed by atoms with Crippen molar-refractivity contribution < 1.29 is 0 Å². The Hall–Kier alpha value is -3.54. The number of nitrogens with one attached hydrogen (secondary N) is 1. The largest absolute Gasteiger partial charge is 0.363 e. The van der Waals surface area contributed by atoms with Crippen molar-refractivity contribution in [3.8, 4) is 11.5 Å². The molecule has 0 saturated heterocycles. The van der Waals surface area contributed by atoms with Crippen LogP contribution >= 0.6 is 0 Å². The minimum atomic E-state index is 0.0655. The summed E-state index contributed by atoms with van der Waals surface area (Å²) in [6.07, 6.45) is 6.57. The minimum absolute atomic E-state index is 0.0655. The van der Waals surface area contributed by atoms with Crippen LogP contribution in [0.4, 0.5) is 5.82 Å². The van der Waals surface area contributed by atoms with Crippen molar-refractivity contribution in [2.45, 2.75) is 32.9 Å². The molecule has 1 N–H and O–H groups in total. The van der Waals surface area contributed by atoms with E-state index in [1.165, 1.54) is 5.56 Å². The molecule has 4 rings (SSSR count). The Morgan fingerprint density at radius 1 is 1.03 bits per heavy atom. The third kappa shape index (κ3) is 4.66. The van der Waals surface area contributed by atoms with Gasteiger partial charge in [-0.05, 0) is 31.0 Å². The van der Waals surface area contributed by atoms with Crippen LogP contribution in [-0.2, 0) is 13.0 Å². The van der Waals surface area contributed by atoms with Crippen molar-refractivity contribution in [2.75, 3.05) is 5.32 Å². The van der Waals surface area contributed by atoms with E-state index in [0.717, 1.165) is 35.7 Å². The number of benzene rings is 1. The smallest absolute Gasteiger partial charge is 0.180 e. The molecule has 29 heavy (non-hydrogen) atoms. The summed E-state index contributed by atoms with van der Waals surface area (Å²) in [6.45, 7) is 4.95. The summed E-state index contributed by atoms with van der Waals surface area (Å²) >= 11 is 0. The van der Waals surface area contributed by atoms with E-state index in [2.05, 4.69) is 57.5 Å². The fraction of sp³-hybridized carbons (Fsp3) is 0.217. The fourth-order valence-corrected chi connectivity index (χ4v) is 3.13. The zero-order valence-corrected chi connectivity index (χ0v) is 16.7. The molecule has 1 aromatic carbocycles. The first kappa shape index (κ1) is 18.8. The summed E-state index contributed by atoms with van der Waals surface area (Å²) < 4.78 is 1.96. The van der Waals surface area contributed by atoms with Gasteiger partial charge >= 0.3 is 0 Å². The van der Waals surface area contributed by atoms with Crippen LogP contribution < -0.4 is 5.32 Å². The predicted octanol–water partition coefficient (Wildman–Crippen LogP) is 4.52. The molecule has 1 unspecified atom stereocenters. The van der Waals surface area contributed by atoms with Gasteiger partial charge in [-0.3, -0.25) is 9.67 Å². The van der Waals surface area contributed by atoms with E-state index in [-0.39, 0.29) is 6.04 Å². The molecule has 146 valence electrons. The van der Waals surface area contributed by atoms with Gasteiger partial charge in [0.1, 0.15) is 11.5 Å². The van der Waals surface area contributed by atoms with Crippen LogP contribution in [0, 0.1) is 0 Å². The van der Waals surface area contributed by atoms with Crippen LogP contribution in [0.2, 0.25) is 0 Å². The second-order valence-corrected chi connectivity index (χ2v) is 6.96. The standard InChI is InChI=1S/C23H24N6/c1-3-20-13-22(28-23(27-20)21-11-7-8-12-24-21)26-17(2)19-14-25-29(16-19)15-18-9-5-4-6-10-18/h4-14,16-17H,3,15H2,1-2H3,(H,26,27,28). The van der Waals surface area contributed by atoms with Crippen LogP contribution in [0.15, 0.2) is 73.2 Å². The Bertz CT molecular complexity index is 1060. The molecule has 0 bridgehead atoms. The first-order valence-electron chi connectivity index (χ1n) is 9.83. The van der Waals surface area contributed by atoms with E-state index in [9.17, 15) is 0 Å².